The van der Waals surface area contributed by atoms with E-state index >= 15 is 0 Å². The number of aromatic nitrogens is 2. The molecule has 0 aliphatic heterocycles. The number of hydrogen-bond donors (Lipinski definition) is 0. The molecular formula is C25H28N2O. The summed E-state index contributed by atoms with van der Waals surface area (Å²) in [5.74, 6) is 2.69. The Labute approximate surface area is 167 Å². The Kier molecular flexibility index (Phi) is 5.61. The second-order valence-corrected chi connectivity index (χ2v) is 7.30. The van der Waals surface area contributed by atoms with Gasteiger partial charge in [0.2, 0.25) is 0 Å². The van der Waals surface area contributed by atoms with Crippen LogP contribution >= 0.6 is 0 Å². The SMILES string of the molecule is CCC(CC)c1nc2ccccc2n1CCCOc1cccc2ccccc12. The highest BCUT2D eigenvalue weighted by atomic mass is 16.5. The van der Waals surface area contributed by atoms with Crippen LogP contribution in [0.5, 0.6) is 5.75 Å². The molecule has 0 fully saturated rings. The van der Waals surface area contributed by atoms with Crippen molar-refractivity contribution in [1.82, 2.24) is 9.55 Å². The zero-order chi connectivity index (χ0) is 19.3. The number of imidazole rings is 1. The van der Waals surface area contributed by atoms with E-state index in [4.69, 9.17) is 9.72 Å². The van der Waals surface area contributed by atoms with Gasteiger partial charge < -0.3 is 9.30 Å². The lowest BCUT2D eigenvalue weighted by Crippen LogP contribution is -2.11. The van der Waals surface area contributed by atoms with Gasteiger partial charge in [-0.1, -0.05) is 62.4 Å². The Morgan fingerprint density at radius 3 is 2.50 bits per heavy atom. The molecule has 3 heteroatoms. The second kappa shape index (κ2) is 8.47. The van der Waals surface area contributed by atoms with E-state index in [1.807, 2.05) is 0 Å². The summed E-state index contributed by atoms with van der Waals surface area (Å²) >= 11 is 0. The van der Waals surface area contributed by atoms with Gasteiger partial charge in [-0.15, -0.1) is 0 Å². The molecule has 28 heavy (non-hydrogen) atoms. The van der Waals surface area contributed by atoms with Crippen LogP contribution in [0.3, 0.4) is 0 Å². The van der Waals surface area contributed by atoms with E-state index in [9.17, 15) is 0 Å². The summed E-state index contributed by atoms with van der Waals surface area (Å²) in [6.07, 6.45) is 3.19. The van der Waals surface area contributed by atoms with Crippen molar-refractivity contribution in [2.24, 2.45) is 0 Å². The fraction of sp³-hybridized carbons (Fsp3) is 0.320. The summed E-state index contributed by atoms with van der Waals surface area (Å²) < 4.78 is 8.55. The van der Waals surface area contributed by atoms with Gasteiger partial charge in [-0.3, -0.25) is 0 Å². The van der Waals surface area contributed by atoms with Crippen molar-refractivity contribution < 1.29 is 4.74 Å². The zero-order valence-corrected chi connectivity index (χ0v) is 16.8. The van der Waals surface area contributed by atoms with Gasteiger partial charge in [0.25, 0.3) is 0 Å². The smallest absolute Gasteiger partial charge is 0.127 e. The largest absolute Gasteiger partial charge is 0.493 e. The monoisotopic (exact) mass is 372 g/mol. The van der Waals surface area contributed by atoms with E-state index < -0.39 is 0 Å². The minimum atomic E-state index is 0.506. The Morgan fingerprint density at radius 1 is 0.893 bits per heavy atom. The highest BCUT2D eigenvalue weighted by Gasteiger charge is 2.17. The molecular weight excluding hydrogens is 344 g/mol. The molecule has 0 atom stereocenters. The number of fused-ring (bicyclic) bond motifs is 2. The Morgan fingerprint density at radius 2 is 1.64 bits per heavy atom. The number of aryl methyl sites for hydroxylation is 1. The van der Waals surface area contributed by atoms with Crippen molar-refractivity contribution in [3.8, 4) is 5.75 Å². The molecule has 3 nitrogen and oxygen atoms in total. The summed E-state index contributed by atoms with van der Waals surface area (Å²) in [6.45, 7) is 6.13. The van der Waals surface area contributed by atoms with Gasteiger partial charge in [0.15, 0.2) is 0 Å². The van der Waals surface area contributed by atoms with E-state index in [2.05, 4.69) is 85.1 Å². The first-order valence-electron chi connectivity index (χ1n) is 10.4. The molecule has 0 N–H and O–H groups in total. The summed E-state index contributed by atoms with van der Waals surface area (Å²) in [4.78, 5) is 4.95. The molecule has 4 rings (SSSR count). The maximum absolute atomic E-state index is 6.15. The van der Waals surface area contributed by atoms with Crippen LogP contribution in [-0.2, 0) is 6.54 Å². The fourth-order valence-corrected chi connectivity index (χ4v) is 4.02. The van der Waals surface area contributed by atoms with E-state index in [-0.39, 0.29) is 0 Å². The second-order valence-electron chi connectivity index (χ2n) is 7.30. The van der Waals surface area contributed by atoms with Gasteiger partial charge in [-0.25, -0.2) is 4.98 Å². The van der Waals surface area contributed by atoms with Crippen LogP contribution in [0, 0.1) is 0 Å². The van der Waals surface area contributed by atoms with E-state index in [0.717, 1.165) is 37.1 Å². The number of benzene rings is 3. The first-order valence-corrected chi connectivity index (χ1v) is 10.4. The fourth-order valence-electron chi connectivity index (χ4n) is 4.02. The predicted octanol–water partition coefficient (Wildman–Crippen LogP) is 6.56. The number of ether oxygens (including phenoxy) is 1. The molecule has 0 spiro atoms. The standard InChI is InChI=1S/C25H28N2O/c1-3-19(4-2)25-26-22-14-7-8-15-23(22)27(25)17-10-18-28-24-16-9-12-20-11-5-6-13-21(20)24/h5-9,11-16,19H,3-4,10,17-18H2,1-2H3. The normalized spacial score (nSPS) is 11.5. The maximum atomic E-state index is 6.15. The molecule has 4 aromatic rings. The van der Waals surface area contributed by atoms with E-state index in [1.165, 1.54) is 22.1 Å². The average Bonchev–Trinajstić information content (AvgIpc) is 3.10. The highest BCUT2D eigenvalue weighted by molar-refractivity contribution is 5.88. The number of para-hydroxylation sites is 2. The molecule has 3 aromatic carbocycles. The summed E-state index contributed by atoms with van der Waals surface area (Å²) in [7, 11) is 0. The Hall–Kier alpha value is -2.81. The lowest BCUT2D eigenvalue weighted by molar-refractivity contribution is 0.304. The van der Waals surface area contributed by atoms with Crippen LogP contribution in [0.4, 0.5) is 0 Å². The van der Waals surface area contributed by atoms with Gasteiger partial charge in [0, 0.05) is 17.8 Å². The minimum absolute atomic E-state index is 0.506. The molecule has 1 aromatic heterocycles. The third kappa shape index (κ3) is 3.62. The van der Waals surface area contributed by atoms with Gasteiger partial charge >= 0.3 is 0 Å². The van der Waals surface area contributed by atoms with Gasteiger partial charge in [0.05, 0.1) is 17.6 Å². The quantitative estimate of drug-likeness (QED) is 0.327. The van der Waals surface area contributed by atoms with E-state index in [0.29, 0.717) is 12.5 Å². The van der Waals surface area contributed by atoms with Crippen LogP contribution in [0.25, 0.3) is 21.8 Å². The molecule has 144 valence electrons. The first kappa shape index (κ1) is 18.5. The first-order chi connectivity index (χ1) is 13.8. The molecule has 0 amide bonds. The summed E-state index contributed by atoms with van der Waals surface area (Å²) in [5, 5.41) is 2.40. The van der Waals surface area contributed by atoms with Gasteiger partial charge in [0.1, 0.15) is 11.6 Å². The van der Waals surface area contributed by atoms with Gasteiger partial charge in [-0.05, 0) is 42.8 Å². The third-order valence-corrected chi connectivity index (χ3v) is 5.57. The minimum Gasteiger partial charge on any atom is -0.493 e. The molecule has 1 heterocycles. The van der Waals surface area contributed by atoms with E-state index in [1.54, 1.807) is 0 Å². The zero-order valence-electron chi connectivity index (χ0n) is 16.8. The predicted molar refractivity (Wildman–Crippen MR) is 117 cm³/mol. The Balaban J connectivity index is 1.50. The summed E-state index contributed by atoms with van der Waals surface area (Å²) in [6, 6.07) is 23.1. The highest BCUT2D eigenvalue weighted by Crippen LogP contribution is 2.28. The van der Waals surface area contributed by atoms with Crippen LogP contribution in [0.15, 0.2) is 66.7 Å². The number of hydrogen-bond acceptors (Lipinski definition) is 2. The third-order valence-electron chi connectivity index (χ3n) is 5.57. The molecule has 0 saturated carbocycles. The van der Waals surface area contributed by atoms with Crippen LogP contribution in [0.2, 0.25) is 0 Å². The molecule has 0 saturated heterocycles. The van der Waals surface area contributed by atoms with Crippen LogP contribution in [0.1, 0.15) is 44.9 Å². The molecule has 0 aliphatic rings. The maximum Gasteiger partial charge on any atom is 0.127 e. The molecule has 0 radical (unpaired) electrons. The van der Waals surface area contributed by atoms with Crippen molar-refractivity contribution in [1.29, 1.82) is 0 Å². The average molecular weight is 373 g/mol. The van der Waals surface area contributed by atoms with Crippen molar-refractivity contribution in [3.63, 3.8) is 0 Å². The van der Waals surface area contributed by atoms with Gasteiger partial charge in [-0.2, -0.15) is 0 Å². The molecule has 0 unspecified atom stereocenters. The van der Waals surface area contributed by atoms with Crippen LogP contribution in [-0.4, -0.2) is 16.2 Å². The van der Waals surface area contributed by atoms with Crippen molar-refractivity contribution >= 4 is 21.8 Å². The lowest BCUT2D eigenvalue weighted by Gasteiger charge is -2.16. The number of nitrogens with zero attached hydrogens (tertiary/aromatic N) is 2. The molecule has 0 bridgehead atoms. The van der Waals surface area contributed by atoms with Crippen molar-refractivity contribution in [2.75, 3.05) is 6.61 Å². The van der Waals surface area contributed by atoms with Crippen molar-refractivity contribution in [3.05, 3.63) is 72.6 Å². The lowest BCUT2D eigenvalue weighted by atomic mass is 10.0. The van der Waals surface area contributed by atoms with Crippen molar-refractivity contribution in [2.45, 2.75) is 45.6 Å². The summed E-state index contributed by atoms with van der Waals surface area (Å²) in [5.41, 5.74) is 2.33. The topological polar surface area (TPSA) is 27.1 Å². The number of rotatable bonds is 8. The van der Waals surface area contributed by atoms with Crippen LogP contribution < -0.4 is 4.74 Å². The molecule has 0 aliphatic carbocycles. The Bertz CT molecular complexity index is 1060.